The van der Waals surface area contributed by atoms with E-state index in [1.807, 2.05) is 24.3 Å². The lowest BCUT2D eigenvalue weighted by atomic mass is 10.1. The molecule has 1 aromatic carbocycles. The van der Waals surface area contributed by atoms with Gasteiger partial charge >= 0.3 is 5.91 Å². The molecular weight excluding hydrogens is 268 g/mol. The first-order valence-electron chi connectivity index (χ1n) is 7.24. The quantitative estimate of drug-likeness (QED) is 0.443. The fraction of sp³-hybridized carbons (Fsp3) is 0.400. The van der Waals surface area contributed by atoms with Crippen molar-refractivity contribution in [1.82, 2.24) is 15.6 Å². The van der Waals surface area contributed by atoms with Gasteiger partial charge in [-0.05, 0) is 25.6 Å². The van der Waals surface area contributed by atoms with Crippen molar-refractivity contribution in [3.63, 3.8) is 0 Å². The summed E-state index contributed by atoms with van der Waals surface area (Å²) in [7, 11) is 0. The fourth-order valence-electron chi connectivity index (χ4n) is 2.79. The molecule has 2 heterocycles. The van der Waals surface area contributed by atoms with Crippen molar-refractivity contribution < 1.29 is 9.21 Å². The molecule has 0 unspecified atom stereocenters. The van der Waals surface area contributed by atoms with E-state index >= 15 is 0 Å². The van der Waals surface area contributed by atoms with Crippen LogP contribution < -0.4 is 16.6 Å². The third-order valence-electron chi connectivity index (χ3n) is 3.85. The number of fused-ring (bicyclic) bond motifs is 1. The monoisotopic (exact) mass is 288 g/mol. The van der Waals surface area contributed by atoms with Crippen LogP contribution in [0.2, 0.25) is 0 Å². The van der Waals surface area contributed by atoms with Gasteiger partial charge < -0.3 is 9.73 Å². The van der Waals surface area contributed by atoms with Gasteiger partial charge in [-0.3, -0.25) is 15.1 Å². The zero-order valence-corrected chi connectivity index (χ0v) is 11.9. The van der Waals surface area contributed by atoms with Gasteiger partial charge in [0.05, 0.1) is 0 Å². The average Bonchev–Trinajstić information content (AvgIpc) is 2.69. The maximum absolute atomic E-state index is 12.0. The van der Waals surface area contributed by atoms with E-state index in [-0.39, 0.29) is 5.91 Å². The molecule has 6 heteroatoms. The maximum Gasteiger partial charge on any atom is 0.301 e. The molecule has 2 aromatic rings. The number of carbonyl (C=O) groups is 1. The molecule has 1 aliphatic rings. The van der Waals surface area contributed by atoms with Gasteiger partial charge in [-0.25, -0.2) is 5.84 Å². The van der Waals surface area contributed by atoms with Crippen LogP contribution in [0.15, 0.2) is 28.7 Å². The fourth-order valence-corrected chi connectivity index (χ4v) is 2.79. The number of hydrogen-bond donors (Lipinski definition) is 3. The highest BCUT2D eigenvalue weighted by atomic mass is 16.3. The molecule has 0 spiro atoms. The van der Waals surface area contributed by atoms with Gasteiger partial charge in [0.15, 0.2) is 5.76 Å². The topological polar surface area (TPSA) is 83.5 Å². The summed E-state index contributed by atoms with van der Waals surface area (Å²) in [5.41, 5.74) is 3.80. The van der Waals surface area contributed by atoms with E-state index in [1.54, 1.807) is 0 Å². The largest absolute Gasteiger partial charge is 0.451 e. The predicted octanol–water partition coefficient (Wildman–Crippen LogP) is 0.832. The predicted molar refractivity (Wildman–Crippen MR) is 80.6 cm³/mol. The van der Waals surface area contributed by atoms with E-state index in [4.69, 9.17) is 10.3 Å². The second-order valence-electron chi connectivity index (χ2n) is 5.26. The molecule has 1 amide bonds. The highest BCUT2D eigenvalue weighted by Crippen LogP contribution is 2.27. The van der Waals surface area contributed by atoms with Crippen molar-refractivity contribution >= 4 is 16.9 Å². The molecule has 1 fully saturated rings. The van der Waals surface area contributed by atoms with Gasteiger partial charge in [0, 0.05) is 30.6 Å². The zero-order valence-electron chi connectivity index (χ0n) is 11.9. The third kappa shape index (κ3) is 2.92. The molecule has 21 heavy (non-hydrogen) atoms. The summed E-state index contributed by atoms with van der Waals surface area (Å²) in [6, 6.07) is 7.71. The number of hydrogen-bond acceptors (Lipinski definition) is 5. The van der Waals surface area contributed by atoms with Crippen molar-refractivity contribution in [2.75, 3.05) is 26.2 Å². The number of hydrazine groups is 1. The lowest BCUT2D eigenvalue weighted by Gasteiger charge is -2.19. The molecule has 6 nitrogen and oxygen atoms in total. The molecule has 1 aliphatic heterocycles. The summed E-state index contributed by atoms with van der Waals surface area (Å²) >= 11 is 0. The number of carbonyl (C=O) groups excluding carboxylic acids is 1. The van der Waals surface area contributed by atoms with Gasteiger partial charge in [-0.15, -0.1) is 0 Å². The number of para-hydroxylation sites is 1. The Bertz CT molecular complexity index is 630. The van der Waals surface area contributed by atoms with Crippen LogP contribution in [0.5, 0.6) is 0 Å². The first-order valence-corrected chi connectivity index (χ1v) is 7.24. The van der Waals surface area contributed by atoms with Crippen LogP contribution in [0.4, 0.5) is 0 Å². The van der Waals surface area contributed by atoms with Crippen LogP contribution in [0.1, 0.15) is 22.5 Å². The van der Waals surface area contributed by atoms with Gasteiger partial charge in [0.2, 0.25) is 0 Å². The molecule has 1 saturated heterocycles. The van der Waals surface area contributed by atoms with E-state index in [1.165, 1.54) is 0 Å². The Morgan fingerprint density at radius 1 is 1.33 bits per heavy atom. The van der Waals surface area contributed by atoms with Gasteiger partial charge in [0.25, 0.3) is 0 Å². The summed E-state index contributed by atoms with van der Waals surface area (Å²) in [6.45, 7) is 4.67. The number of rotatable bonds is 3. The van der Waals surface area contributed by atoms with Crippen molar-refractivity contribution in [3.8, 4) is 0 Å². The van der Waals surface area contributed by atoms with Crippen molar-refractivity contribution in [2.24, 2.45) is 5.84 Å². The van der Waals surface area contributed by atoms with E-state index < -0.39 is 0 Å². The first-order chi connectivity index (χ1) is 10.3. The molecule has 0 bridgehead atoms. The Labute approximate surface area is 123 Å². The van der Waals surface area contributed by atoms with Crippen molar-refractivity contribution in [3.05, 3.63) is 35.6 Å². The maximum atomic E-state index is 12.0. The number of furan rings is 1. The number of amides is 1. The van der Waals surface area contributed by atoms with Gasteiger partial charge in [0.1, 0.15) is 5.58 Å². The molecule has 0 saturated carbocycles. The number of benzene rings is 1. The van der Waals surface area contributed by atoms with E-state index in [0.29, 0.717) is 12.3 Å². The second-order valence-corrected chi connectivity index (χ2v) is 5.26. The highest BCUT2D eigenvalue weighted by molar-refractivity contribution is 5.98. The SMILES string of the molecule is NNC(=O)c1oc2ccccc2c1CN1CCCNCC1. The summed E-state index contributed by atoms with van der Waals surface area (Å²) in [5, 5.41) is 4.36. The minimum atomic E-state index is -0.380. The average molecular weight is 288 g/mol. The Hall–Kier alpha value is -1.89. The lowest BCUT2D eigenvalue weighted by molar-refractivity contribution is 0.0925. The van der Waals surface area contributed by atoms with Crippen LogP contribution >= 0.6 is 0 Å². The number of nitrogens with two attached hydrogens (primary N) is 1. The third-order valence-corrected chi connectivity index (χ3v) is 3.85. The van der Waals surface area contributed by atoms with Crippen molar-refractivity contribution in [2.45, 2.75) is 13.0 Å². The number of nitrogens with one attached hydrogen (secondary N) is 2. The molecule has 0 atom stereocenters. The summed E-state index contributed by atoms with van der Waals surface area (Å²) in [5.74, 6) is 5.21. The van der Waals surface area contributed by atoms with Crippen molar-refractivity contribution in [1.29, 1.82) is 0 Å². The van der Waals surface area contributed by atoms with Crippen LogP contribution in [-0.2, 0) is 6.54 Å². The van der Waals surface area contributed by atoms with Crippen LogP contribution in [-0.4, -0.2) is 37.0 Å². The summed E-state index contributed by atoms with van der Waals surface area (Å²) < 4.78 is 5.69. The molecular formula is C15H20N4O2. The number of nitrogens with zero attached hydrogens (tertiary/aromatic N) is 1. The smallest absolute Gasteiger partial charge is 0.301 e. The molecule has 3 rings (SSSR count). The minimum absolute atomic E-state index is 0.316. The van der Waals surface area contributed by atoms with Crippen LogP contribution in [0, 0.1) is 0 Å². The van der Waals surface area contributed by atoms with Gasteiger partial charge in [-0.2, -0.15) is 0 Å². The summed E-state index contributed by atoms with van der Waals surface area (Å²) in [4.78, 5) is 14.3. The van der Waals surface area contributed by atoms with Crippen LogP contribution in [0.3, 0.4) is 0 Å². The normalized spacial score (nSPS) is 16.8. The Morgan fingerprint density at radius 2 is 2.19 bits per heavy atom. The second kappa shape index (κ2) is 6.26. The first kappa shape index (κ1) is 14.1. The molecule has 4 N–H and O–H groups in total. The summed E-state index contributed by atoms with van der Waals surface area (Å²) in [6.07, 6.45) is 1.11. The molecule has 1 aromatic heterocycles. The lowest BCUT2D eigenvalue weighted by Crippen LogP contribution is -2.32. The molecule has 112 valence electrons. The number of nitrogen functional groups attached to an aromatic ring is 1. The van der Waals surface area contributed by atoms with E-state index in [9.17, 15) is 4.79 Å². The minimum Gasteiger partial charge on any atom is -0.451 e. The standard InChI is InChI=1S/C15H20N4O2/c16-18-15(20)14-12(10-19-8-3-6-17-7-9-19)11-4-1-2-5-13(11)21-14/h1-2,4-5,17H,3,6-10,16H2,(H,18,20). The zero-order chi connectivity index (χ0) is 14.7. The van der Waals surface area contributed by atoms with Crippen LogP contribution in [0.25, 0.3) is 11.0 Å². The Balaban J connectivity index is 1.96. The Morgan fingerprint density at radius 3 is 3.05 bits per heavy atom. The Kier molecular flexibility index (Phi) is 4.19. The van der Waals surface area contributed by atoms with E-state index in [0.717, 1.165) is 49.1 Å². The highest BCUT2D eigenvalue weighted by Gasteiger charge is 2.22. The molecule has 0 radical (unpaired) electrons. The molecule has 0 aliphatic carbocycles. The van der Waals surface area contributed by atoms with E-state index in [2.05, 4.69) is 15.6 Å². The van der Waals surface area contributed by atoms with Gasteiger partial charge in [-0.1, -0.05) is 18.2 Å².